The first-order valence-corrected chi connectivity index (χ1v) is 4.66. The molecule has 13 heavy (non-hydrogen) atoms. The fraction of sp³-hybridized carbons (Fsp3) is 0.778. The number of hydrogen-bond donors (Lipinski definition) is 1. The molecule has 1 saturated heterocycles. The van der Waals surface area contributed by atoms with Gasteiger partial charge in [-0.25, -0.2) is 0 Å². The molecule has 2 rings (SSSR count). The molecule has 1 aliphatic carbocycles. The van der Waals surface area contributed by atoms with Gasteiger partial charge < -0.3 is 5.11 Å². The number of rotatable bonds is 2. The summed E-state index contributed by atoms with van der Waals surface area (Å²) in [5, 5.41) is 9.19. The Morgan fingerprint density at radius 1 is 1.23 bits per heavy atom. The van der Waals surface area contributed by atoms with E-state index in [9.17, 15) is 14.7 Å². The minimum Gasteiger partial charge on any atom is -0.394 e. The molecule has 0 atom stereocenters. The van der Waals surface area contributed by atoms with E-state index in [0.29, 0.717) is 12.8 Å². The number of aliphatic hydroxyl groups is 1. The summed E-state index contributed by atoms with van der Waals surface area (Å²) in [4.78, 5) is 24.1. The molecule has 0 aromatic heterocycles. The van der Waals surface area contributed by atoms with Crippen LogP contribution in [0.5, 0.6) is 0 Å². The molecule has 0 unspecified atom stereocenters. The summed E-state index contributed by atoms with van der Waals surface area (Å²) in [7, 11) is 0. The molecule has 72 valence electrons. The number of nitrogens with zero attached hydrogens (tertiary/aromatic N) is 1. The molecule has 0 spiro atoms. The van der Waals surface area contributed by atoms with Crippen molar-refractivity contribution in [2.45, 2.75) is 37.6 Å². The Morgan fingerprint density at radius 3 is 2.08 bits per heavy atom. The maximum Gasteiger partial charge on any atom is 0.230 e. The fourth-order valence-corrected chi connectivity index (χ4v) is 2.14. The average Bonchev–Trinajstić information content (AvgIpc) is 2.35. The molecule has 1 aliphatic heterocycles. The summed E-state index contributed by atoms with van der Waals surface area (Å²) >= 11 is 0. The van der Waals surface area contributed by atoms with E-state index in [4.69, 9.17) is 0 Å². The molecule has 0 radical (unpaired) electrons. The SMILES string of the molecule is O=C1CCC(=O)N1C1(CO)CCC1. The second-order valence-corrected chi connectivity index (χ2v) is 3.86. The first-order chi connectivity index (χ1) is 6.19. The molecule has 1 heterocycles. The number of carbonyl (C=O) groups excluding carboxylic acids is 2. The van der Waals surface area contributed by atoms with Crippen molar-refractivity contribution in [2.75, 3.05) is 6.61 Å². The van der Waals surface area contributed by atoms with Crippen LogP contribution in [-0.2, 0) is 9.59 Å². The molecule has 4 nitrogen and oxygen atoms in total. The maximum absolute atomic E-state index is 11.4. The van der Waals surface area contributed by atoms with Crippen LogP contribution < -0.4 is 0 Å². The molecule has 2 amide bonds. The molecular formula is C9H13NO3. The second-order valence-electron chi connectivity index (χ2n) is 3.86. The summed E-state index contributed by atoms with van der Waals surface area (Å²) < 4.78 is 0. The van der Waals surface area contributed by atoms with E-state index >= 15 is 0 Å². The van der Waals surface area contributed by atoms with E-state index in [2.05, 4.69) is 0 Å². The van der Waals surface area contributed by atoms with Crippen molar-refractivity contribution in [3.8, 4) is 0 Å². The van der Waals surface area contributed by atoms with Crippen LogP contribution in [0.4, 0.5) is 0 Å². The highest BCUT2D eigenvalue weighted by molar-refractivity contribution is 6.02. The van der Waals surface area contributed by atoms with Gasteiger partial charge in [-0.05, 0) is 19.3 Å². The number of likely N-dealkylation sites (tertiary alicyclic amines) is 1. The number of imide groups is 1. The summed E-state index contributed by atoms with van der Waals surface area (Å²) in [6.07, 6.45) is 3.17. The minimum absolute atomic E-state index is 0.0789. The van der Waals surface area contributed by atoms with Crippen molar-refractivity contribution in [1.82, 2.24) is 4.90 Å². The van der Waals surface area contributed by atoms with E-state index in [-0.39, 0.29) is 18.4 Å². The van der Waals surface area contributed by atoms with Crippen LogP contribution in [0, 0.1) is 0 Å². The Hall–Kier alpha value is -0.900. The molecule has 0 aromatic carbocycles. The Kier molecular flexibility index (Phi) is 1.87. The lowest BCUT2D eigenvalue weighted by atomic mass is 9.76. The third kappa shape index (κ3) is 1.09. The van der Waals surface area contributed by atoms with E-state index < -0.39 is 5.54 Å². The van der Waals surface area contributed by atoms with Gasteiger partial charge in [-0.3, -0.25) is 14.5 Å². The zero-order valence-electron chi connectivity index (χ0n) is 7.45. The van der Waals surface area contributed by atoms with Gasteiger partial charge in [-0.1, -0.05) is 0 Å². The van der Waals surface area contributed by atoms with Gasteiger partial charge in [-0.2, -0.15) is 0 Å². The van der Waals surface area contributed by atoms with E-state index in [1.165, 1.54) is 4.90 Å². The van der Waals surface area contributed by atoms with Crippen molar-refractivity contribution in [3.63, 3.8) is 0 Å². The van der Waals surface area contributed by atoms with Crippen LogP contribution in [-0.4, -0.2) is 34.0 Å². The average molecular weight is 183 g/mol. The molecule has 2 aliphatic rings. The zero-order chi connectivity index (χ0) is 9.47. The molecule has 1 N–H and O–H groups in total. The lowest BCUT2D eigenvalue weighted by Crippen LogP contribution is -2.58. The van der Waals surface area contributed by atoms with Crippen LogP contribution in [0.3, 0.4) is 0 Å². The number of aliphatic hydroxyl groups excluding tert-OH is 1. The standard InChI is InChI=1S/C9H13NO3/c11-6-9(4-1-5-9)10-7(12)2-3-8(10)13/h11H,1-6H2. The highest BCUT2D eigenvalue weighted by atomic mass is 16.3. The lowest BCUT2D eigenvalue weighted by molar-refractivity contribution is -0.152. The van der Waals surface area contributed by atoms with E-state index in [1.54, 1.807) is 0 Å². The largest absolute Gasteiger partial charge is 0.394 e. The first-order valence-electron chi connectivity index (χ1n) is 4.66. The van der Waals surface area contributed by atoms with Crippen LogP contribution >= 0.6 is 0 Å². The van der Waals surface area contributed by atoms with E-state index in [1.807, 2.05) is 0 Å². The molecule has 1 saturated carbocycles. The predicted molar refractivity (Wildman–Crippen MR) is 44.8 cm³/mol. The maximum atomic E-state index is 11.4. The fourth-order valence-electron chi connectivity index (χ4n) is 2.14. The molecule has 2 fully saturated rings. The monoisotopic (exact) mass is 183 g/mol. The molecular weight excluding hydrogens is 170 g/mol. The quantitative estimate of drug-likeness (QED) is 0.615. The Labute approximate surface area is 76.5 Å². The van der Waals surface area contributed by atoms with Gasteiger partial charge in [-0.15, -0.1) is 0 Å². The van der Waals surface area contributed by atoms with Gasteiger partial charge in [0.15, 0.2) is 0 Å². The first kappa shape index (κ1) is 8.69. The smallest absolute Gasteiger partial charge is 0.230 e. The van der Waals surface area contributed by atoms with E-state index in [0.717, 1.165) is 19.3 Å². The van der Waals surface area contributed by atoms with Gasteiger partial charge >= 0.3 is 0 Å². The van der Waals surface area contributed by atoms with Crippen LogP contribution in [0.2, 0.25) is 0 Å². The Balaban J connectivity index is 2.22. The van der Waals surface area contributed by atoms with Gasteiger partial charge in [0.25, 0.3) is 0 Å². The zero-order valence-corrected chi connectivity index (χ0v) is 7.45. The number of carbonyl (C=O) groups is 2. The normalized spacial score (nSPS) is 26.4. The summed E-state index contributed by atoms with van der Waals surface area (Å²) in [6, 6.07) is 0. The van der Waals surface area contributed by atoms with Gasteiger partial charge in [0.05, 0.1) is 12.1 Å². The molecule has 0 bridgehead atoms. The third-order valence-electron chi connectivity index (χ3n) is 3.10. The topological polar surface area (TPSA) is 57.6 Å². The van der Waals surface area contributed by atoms with Gasteiger partial charge in [0, 0.05) is 12.8 Å². The highest BCUT2D eigenvalue weighted by Crippen LogP contribution is 2.39. The summed E-state index contributed by atoms with van der Waals surface area (Å²) in [5.74, 6) is -0.225. The van der Waals surface area contributed by atoms with Gasteiger partial charge in [0.2, 0.25) is 11.8 Å². The lowest BCUT2D eigenvalue weighted by Gasteiger charge is -2.46. The highest BCUT2D eigenvalue weighted by Gasteiger charge is 2.49. The Bertz CT molecular complexity index is 236. The second kappa shape index (κ2) is 2.80. The van der Waals surface area contributed by atoms with Gasteiger partial charge in [0.1, 0.15) is 0 Å². The number of hydrogen-bond acceptors (Lipinski definition) is 3. The third-order valence-corrected chi connectivity index (χ3v) is 3.10. The van der Waals surface area contributed by atoms with Crippen LogP contribution in [0.15, 0.2) is 0 Å². The Morgan fingerprint density at radius 2 is 1.77 bits per heavy atom. The van der Waals surface area contributed by atoms with Crippen LogP contribution in [0.1, 0.15) is 32.1 Å². The molecule has 0 aromatic rings. The van der Waals surface area contributed by atoms with Crippen molar-refractivity contribution < 1.29 is 14.7 Å². The van der Waals surface area contributed by atoms with Crippen molar-refractivity contribution in [3.05, 3.63) is 0 Å². The van der Waals surface area contributed by atoms with Crippen molar-refractivity contribution >= 4 is 11.8 Å². The van der Waals surface area contributed by atoms with Crippen molar-refractivity contribution in [1.29, 1.82) is 0 Å². The van der Waals surface area contributed by atoms with Crippen LogP contribution in [0.25, 0.3) is 0 Å². The number of amides is 2. The molecule has 4 heteroatoms. The summed E-state index contributed by atoms with van der Waals surface area (Å²) in [6.45, 7) is -0.0789. The summed E-state index contributed by atoms with van der Waals surface area (Å²) in [5.41, 5.74) is -0.523. The predicted octanol–water partition coefficient (Wildman–Crippen LogP) is 0.0504. The van der Waals surface area contributed by atoms with Crippen molar-refractivity contribution in [2.24, 2.45) is 0 Å². The minimum atomic E-state index is -0.523.